The Morgan fingerprint density at radius 2 is 1.20 bits per heavy atom. The average molecular weight is 1010 g/mol. The summed E-state index contributed by atoms with van der Waals surface area (Å²) in [5.41, 5.74) is 23.1. The summed E-state index contributed by atoms with van der Waals surface area (Å²) in [6, 6.07) is -10.1. The van der Waals surface area contributed by atoms with Crippen LogP contribution in [0, 0.1) is 17.8 Å². The highest BCUT2D eigenvalue weighted by Crippen LogP contribution is 2.11. The van der Waals surface area contributed by atoms with Crippen LogP contribution in [0.15, 0.2) is 17.5 Å². The molecule has 71 heavy (non-hydrogen) atoms. The van der Waals surface area contributed by atoms with Crippen molar-refractivity contribution in [2.75, 3.05) is 19.6 Å². The van der Waals surface area contributed by atoms with Gasteiger partial charge in [0.15, 0.2) is 5.96 Å². The SMILES string of the molecule is CC(C)C[C@H](NC(=O)[C@@H](N)Cc1cnc[nH]1)C(=O)N[C@@H](C)C(=O)N[C@H](C(=O)N[C@@H](CCC(=O)O)C(=O)N[C@@H](CCCN=C(N)N)C(=O)NCC(=O)N[C@@H](CCCCN)C(=O)N[C@H](C(=O)O)C(C)C)C(C)C. The lowest BCUT2D eigenvalue weighted by Crippen LogP contribution is -2.60. The Bertz CT molecular complexity index is 1960. The largest absolute Gasteiger partial charge is 0.481 e. The van der Waals surface area contributed by atoms with E-state index in [2.05, 4.69) is 57.5 Å². The van der Waals surface area contributed by atoms with Crippen LogP contribution in [0.3, 0.4) is 0 Å². The Hall–Kier alpha value is -6.90. The molecule has 0 aliphatic heterocycles. The minimum atomic E-state index is -1.58. The fourth-order valence-electron chi connectivity index (χ4n) is 6.81. The maximum Gasteiger partial charge on any atom is 0.326 e. The highest BCUT2D eigenvalue weighted by molar-refractivity contribution is 5.97. The number of amides is 8. The zero-order chi connectivity index (χ0) is 54.0. The third-order valence-corrected chi connectivity index (χ3v) is 10.8. The van der Waals surface area contributed by atoms with E-state index in [4.69, 9.17) is 22.9 Å². The zero-order valence-corrected chi connectivity index (χ0v) is 41.7. The van der Waals surface area contributed by atoms with Gasteiger partial charge in [0, 0.05) is 31.3 Å². The molecule has 1 aromatic rings. The molecule has 0 unspecified atom stereocenters. The topological polar surface area (TPSA) is 453 Å². The van der Waals surface area contributed by atoms with Gasteiger partial charge in [0.1, 0.15) is 42.3 Å². The maximum atomic E-state index is 13.9. The van der Waals surface area contributed by atoms with Crippen LogP contribution >= 0.6 is 0 Å². The number of nitrogens with one attached hydrogen (secondary N) is 9. The lowest BCUT2D eigenvalue weighted by atomic mass is 10.0. The summed E-state index contributed by atoms with van der Waals surface area (Å²) in [7, 11) is 0. The lowest BCUT2D eigenvalue weighted by molar-refractivity contribution is -0.143. The van der Waals surface area contributed by atoms with Crippen molar-refractivity contribution in [2.24, 2.45) is 45.7 Å². The van der Waals surface area contributed by atoms with Crippen LogP contribution < -0.4 is 65.5 Å². The molecule has 1 heterocycles. The number of nitrogens with zero attached hydrogens (tertiary/aromatic N) is 2. The number of carbonyl (C=O) groups is 10. The quantitative estimate of drug-likeness (QED) is 0.0179. The van der Waals surface area contributed by atoms with Crippen molar-refractivity contribution in [3.05, 3.63) is 18.2 Å². The van der Waals surface area contributed by atoms with E-state index < -0.39 is 139 Å². The fourth-order valence-corrected chi connectivity index (χ4v) is 6.81. The molecule has 19 N–H and O–H groups in total. The van der Waals surface area contributed by atoms with Gasteiger partial charge in [-0.1, -0.05) is 41.5 Å². The first-order valence-corrected chi connectivity index (χ1v) is 23.6. The van der Waals surface area contributed by atoms with E-state index in [1.165, 1.54) is 19.4 Å². The predicted octanol–water partition coefficient (Wildman–Crippen LogP) is -3.70. The van der Waals surface area contributed by atoms with Crippen molar-refractivity contribution in [3.8, 4) is 0 Å². The van der Waals surface area contributed by atoms with Crippen molar-refractivity contribution in [1.82, 2.24) is 52.5 Å². The number of carbonyl (C=O) groups excluding carboxylic acids is 8. The highest BCUT2D eigenvalue weighted by atomic mass is 16.4. The molecule has 8 amide bonds. The number of aliphatic imine (C=N–C) groups is 1. The van der Waals surface area contributed by atoms with Gasteiger partial charge in [0.2, 0.25) is 47.3 Å². The molecule has 0 radical (unpaired) electrons. The van der Waals surface area contributed by atoms with E-state index in [-0.39, 0.29) is 50.5 Å². The number of rotatable bonds is 34. The second-order valence-corrected chi connectivity index (χ2v) is 18.2. The standard InChI is InChI=1S/C44H77N15O12/c1-22(2)17-31(57-37(64)27(46)18-26-19-49-21-52-26)41(68)53-25(7)36(63)58-34(23(3)4)42(69)56-30(13-14-33(61)62)39(66)55-28(12-10-16-50-44(47)48)38(65)51-20-32(60)54-29(11-8-9-15-45)40(67)59-35(24(5)6)43(70)71/h19,21-25,27-31,34-35H,8-18,20,45-46H2,1-7H3,(H,49,52)(H,51,65)(H,53,68)(H,54,60)(H,55,66)(H,56,69)(H,57,64)(H,58,63)(H,59,67)(H,61,62)(H,70,71)(H4,47,48,50)/t25-,27-,28-,29-,30-,31-,34-,35-/m0/s1. The summed E-state index contributed by atoms with van der Waals surface area (Å²) in [6.07, 6.45) is 3.16. The van der Waals surface area contributed by atoms with Crippen molar-refractivity contribution >= 4 is 65.2 Å². The number of carboxylic acid groups (broad SMARTS) is 2. The predicted molar refractivity (Wildman–Crippen MR) is 259 cm³/mol. The number of guanidine groups is 1. The van der Waals surface area contributed by atoms with E-state index in [9.17, 15) is 58.2 Å². The molecule has 1 aromatic heterocycles. The van der Waals surface area contributed by atoms with E-state index >= 15 is 0 Å². The van der Waals surface area contributed by atoms with Gasteiger partial charge in [-0.25, -0.2) is 9.78 Å². The number of nitrogens with two attached hydrogens (primary N) is 4. The van der Waals surface area contributed by atoms with Crippen molar-refractivity contribution in [3.63, 3.8) is 0 Å². The van der Waals surface area contributed by atoms with Crippen LogP contribution in [-0.4, -0.2) is 153 Å². The summed E-state index contributed by atoms with van der Waals surface area (Å²) in [4.78, 5) is 141. The van der Waals surface area contributed by atoms with Crippen LogP contribution in [-0.2, 0) is 54.4 Å². The molecule has 0 aliphatic carbocycles. The first kappa shape index (κ1) is 62.1. The fraction of sp³-hybridized carbons (Fsp3) is 0.682. The normalized spacial score (nSPS) is 14.5. The van der Waals surface area contributed by atoms with Gasteiger partial charge in [-0.3, -0.25) is 48.1 Å². The third-order valence-electron chi connectivity index (χ3n) is 10.8. The van der Waals surface area contributed by atoms with Crippen LogP contribution in [0.1, 0.15) is 106 Å². The molecule has 0 spiro atoms. The van der Waals surface area contributed by atoms with Crippen LogP contribution in [0.2, 0.25) is 0 Å². The van der Waals surface area contributed by atoms with Crippen LogP contribution in [0.4, 0.5) is 0 Å². The summed E-state index contributed by atoms with van der Waals surface area (Å²) in [5, 5.41) is 39.1. The first-order chi connectivity index (χ1) is 33.3. The smallest absolute Gasteiger partial charge is 0.326 e. The Balaban J connectivity index is 3.23. The van der Waals surface area contributed by atoms with Gasteiger partial charge in [-0.2, -0.15) is 0 Å². The number of hydrogen-bond acceptors (Lipinski definition) is 14. The molecule has 0 fully saturated rings. The highest BCUT2D eigenvalue weighted by Gasteiger charge is 2.34. The van der Waals surface area contributed by atoms with Gasteiger partial charge in [-0.15, -0.1) is 0 Å². The molecule has 1 rings (SSSR count). The summed E-state index contributed by atoms with van der Waals surface area (Å²) in [6.45, 7) is 11.0. The molecular formula is C44H77N15O12. The number of carboxylic acids is 2. The Morgan fingerprint density at radius 1 is 0.648 bits per heavy atom. The number of hydrogen-bond donors (Lipinski definition) is 15. The Kier molecular flexibility index (Phi) is 28.1. The molecule has 400 valence electrons. The molecule has 8 atom stereocenters. The Morgan fingerprint density at radius 3 is 1.75 bits per heavy atom. The molecule has 0 saturated heterocycles. The molecule has 0 saturated carbocycles. The number of aliphatic carboxylic acids is 2. The Labute approximate surface area is 413 Å². The number of unbranched alkanes of at least 4 members (excludes halogenated alkanes) is 1. The van der Waals surface area contributed by atoms with Crippen molar-refractivity contribution in [2.45, 2.75) is 155 Å². The monoisotopic (exact) mass is 1010 g/mol. The first-order valence-electron chi connectivity index (χ1n) is 23.6. The van der Waals surface area contributed by atoms with Crippen LogP contribution in [0.25, 0.3) is 0 Å². The van der Waals surface area contributed by atoms with E-state index in [0.717, 1.165) is 0 Å². The summed E-state index contributed by atoms with van der Waals surface area (Å²) >= 11 is 0. The zero-order valence-electron chi connectivity index (χ0n) is 41.7. The number of imidazole rings is 1. The lowest BCUT2D eigenvalue weighted by Gasteiger charge is -2.28. The van der Waals surface area contributed by atoms with E-state index in [1.54, 1.807) is 27.7 Å². The molecule has 0 bridgehead atoms. The second-order valence-electron chi connectivity index (χ2n) is 18.2. The molecular weight excluding hydrogens is 931 g/mol. The number of H-pyrrole nitrogens is 1. The minimum absolute atomic E-state index is 0.0114. The maximum absolute atomic E-state index is 13.9. The summed E-state index contributed by atoms with van der Waals surface area (Å²) < 4.78 is 0. The summed E-state index contributed by atoms with van der Waals surface area (Å²) in [5.74, 6) is -10.5. The molecule has 0 aliphatic rings. The molecule has 0 aromatic carbocycles. The van der Waals surface area contributed by atoms with Gasteiger partial charge in [-0.05, 0) is 76.2 Å². The van der Waals surface area contributed by atoms with Crippen LogP contribution in [0.5, 0.6) is 0 Å². The van der Waals surface area contributed by atoms with E-state index in [1.807, 2.05) is 13.8 Å². The van der Waals surface area contributed by atoms with Gasteiger partial charge in [0.25, 0.3) is 0 Å². The van der Waals surface area contributed by atoms with Gasteiger partial charge >= 0.3 is 11.9 Å². The molecule has 27 heteroatoms. The van der Waals surface area contributed by atoms with E-state index in [0.29, 0.717) is 25.1 Å². The molecule has 27 nitrogen and oxygen atoms in total. The number of aromatic amines is 1. The average Bonchev–Trinajstić information content (AvgIpc) is 3.80. The van der Waals surface area contributed by atoms with Gasteiger partial charge in [0.05, 0.1) is 18.9 Å². The van der Waals surface area contributed by atoms with Crippen molar-refractivity contribution < 1.29 is 58.2 Å². The van der Waals surface area contributed by atoms with Crippen molar-refractivity contribution in [1.29, 1.82) is 0 Å². The van der Waals surface area contributed by atoms with Gasteiger partial charge < -0.3 is 80.7 Å². The second kappa shape index (κ2) is 32.1. The third kappa shape index (κ3) is 24.5. The minimum Gasteiger partial charge on any atom is -0.481 e. The number of aromatic nitrogens is 2.